The van der Waals surface area contributed by atoms with Crippen LogP contribution in [0.1, 0.15) is 37.3 Å². The van der Waals surface area contributed by atoms with Crippen molar-refractivity contribution in [2.45, 2.75) is 32.4 Å². The summed E-state index contributed by atoms with van der Waals surface area (Å²) in [5, 5.41) is 9.08. The molecule has 2 fully saturated rings. The molecule has 5 nitrogen and oxygen atoms in total. The van der Waals surface area contributed by atoms with E-state index in [1.165, 1.54) is 0 Å². The van der Waals surface area contributed by atoms with Crippen molar-refractivity contribution in [3.63, 3.8) is 0 Å². The van der Waals surface area contributed by atoms with Gasteiger partial charge in [-0.05, 0) is 69.9 Å². The summed E-state index contributed by atoms with van der Waals surface area (Å²) >= 11 is 0. The van der Waals surface area contributed by atoms with Gasteiger partial charge in [0.15, 0.2) is 0 Å². The van der Waals surface area contributed by atoms with Crippen LogP contribution < -0.4 is 4.90 Å². The number of benzene rings is 1. The van der Waals surface area contributed by atoms with Crippen molar-refractivity contribution >= 4 is 11.5 Å². The average molecular weight is 422 g/mol. The van der Waals surface area contributed by atoms with E-state index >= 15 is 0 Å². The summed E-state index contributed by atoms with van der Waals surface area (Å²) in [5.41, 5.74) is -0.257. The van der Waals surface area contributed by atoms with Crippen LogP contribution >= 0.6 is 0 Å². The van der Waals surface area contributed by atoms with Crippen molar-refractivity contribution in [3.8, 4) is 6.07 Å². The lowest BCUT2D eigenvalue weighted by molar-refractivity contribution is -0.137. The monoisotopic (exact) mass is 422 g/mol. The molecule has 0 aromatic heterocycles. The number of hydrogen-bond donors (Lipinski definition) is 0. The van der Waals surface area contributed by atoms with E-state index in [9.17, 15) is 18.0 Å². The lowest BCUT2D eigenvalue weighted by atomic mass is 9.93. The van der Waals surface area contributed by atoms with Crippen LogP contribution in [0, 0.1) is 17.2 Å². The van der Waals surface area contributed by atoms with Crippen LogP contribution in [0.25, 0.3) is 0 Å². The van der Waals surface area contributed by atoms with Gasteiger partial charge in [0.2, 0.25) is 0 Å². The first-order valence-corrected chi connectivity index (χ1v) is 10.6. The average Bonchev–Trinajstić information content (AvgIpc) is 2.72. The predicted molar refractivity (Wildman–Crippen MR) is 109 cm³/mol. The Morgan fingerprint density at radius 3 is 2.30 bits per heavy atom. The minimum atomic E-state index is -4.45. The number of Topliss-reactive ketones (excluding diaryl/α,β-unsaturated/α-hetero) is 1. The topological polar surface area (TPSA) is 50.6 Å². The molecule has 0 radical (unpaired) electrons. The van der Waals surface area contributed by atoms with Crippen molar-refractivity contribution in [1.82, 2.24) is 9.80 Å². The first kappa shape index (κ1) is 22.6. The van der Waals surface area contributed by atoms with Crippen molar-refractivity contribution in [2.24, 2.45) is 5.92 Å². The maximum absolute atomic E-state index is 13.1. The zero-order valence-corrected chi connectivity index (χ0v) is 17.4. The van der Waals surface area contributed by atoms with Gasteiger partial charge in [0, 0.05) is 31.9 Å². The molecule has 2 aliphatic rings. The lowest BCUT2D eigenvalue weighted by Gasteiger charge is -2.37. The zero-order valence-electron chi connectivity index (χ0n) is 17.4. The number of likely N-dealkylation sites (tertiary alicyclic amines) is 1. The Kier molecular flexibility index (Phi) is 7.37. The fraction of sp³-hybridized carbons (Fsp3) is 0.636. The van der Waals surface area contributed by atoms with Crippen LogP contribution in [0.5, 0.6) is 0 Å². The number of piperazine rings is 1. The van der Waals surface area contributed by atoms with Crippen molar-refractivity contribution in [2.75, 3.05) is 57.3 Å². The van der Waals surface area contributed by atoms with Gasteiger partial charge >= 0.3 is 6.18 Å². The number of carbonyl (C=O) groups excluding carboxylic acids is 1. The van der Waals surface area contributed by atoms with Crippen LogP contribution in [0.2, 0.25) is 0 Å². The highest BCUT2D eigenvalue weighted by molar-refractivity contribution is 5.77. The van der Waals surface area contributed by atoms with E-state index in [-0.39, 0.29) is 11.3 Å². The third kappa shape index (κ3) is 6.19. The highest BCUT2D eigenvalue weighted by atomic mass is 19.4. The number of rotatable bonds is 6. The molecule has 1 aromatic carbocycles. The lowest BCUT2D eigenvalue weighted by Crippen LogP contribution is -2.47. The van der Waals surface area contributed by atoms with Gasteiger partial charge in [-0.2, -0.15) is 18.4 Å². The highest BCUT2D eigenvalue weighted by Crippen LogP contribution is 2.33. The molecule has 0 aliphatic carbocycles. The van der Waals surface area contributed by atoms with Gasteiger partial charge in [0.25, 0.3) is 0 Å². The van der Waals surface area contributed by atoms with Gasteiger partial charge in [-0.1, -0.05) is 0 Å². The second-order valence-electron chi connectivity index (χ2n) is 8.42. The third-order valence-corrected chi connectivity index (χ3v) is 6.12. The molecule has 2 heterocycles. The summed E-state index contributed by atoms with van der Waals surface area (Å²) in [6.45, 7) is 8.07. The summed E-state index contributed by atoms with van der Waals surface area (Å²) < 4.78 is 39.4. The summed E-state index contributed by atoms with van der Waals surface area (Å²) in [5.74, 6) is 0.891. The molecule has 1 aromatic rings. The van der Waals surface area contributed by atoms with Gasteiger partial charge in [-0.25, -0.2) is 0 Å². The van der Waals surface area contributed by atoms with E-state index in [0.717, 1.165) is 64.1 Å². The normalized spacial score (nSPS) is 19.6. The molecule has 0 spiro atoms. The number of ketones is 1. The Balaban J connectivity index is 1.47. The predicted octanol–water partition coefficient (Wildman–Crippen LogP) is 3.39. The molecule has 0 atom stereocenters. The molecule has 0 N–H and O–H groups in total. The molecule has 164 valence electrons. The van der Waals surface area contributed by atoms with E-state index in [0.29, 0.717) is 31.2 Å². The number of hydrogen-bond acceptors (Lipinski definition) is 5. The van der Waals surface area contributed by atoms with Gasteiger partial charge in [0.1, 0.15) is 5.78 Å². The largest absolute Gasteiger partial charge is 0.416 e. The van der Waals surface area contributed by atoms with E-state index in [2.05, 4.69) is 9.80 Å². The van der Waals surface area contributed by atoms with Crippen molar-refractivity contribution in [1.29, 1.82) is 5.26 Å². The van der Waals surface area contributed by atoms with Crippen LogP contribution in [0.15, 0.2) is 18.2 Å². The Bertz CT molecular complexity index is 774. The fourth-order valence-corrected chi connectivity index (χ4v) is 4.36. The van der Waals surface area contributed by atoms with Crippen LogP contribution in [-0.2, 0) is 11.0 Å². The number of carbonyl (C=O) groups is 1. The van der Waals surface area contributed by atoms with Crippen molar-refractivity contribution < 1.29 is 18.0 Å². The van der Waals surface area contributed by atoms with Gasteiger partial charge in [-0.3, -0.25) is 14.6 Å². The smallest absolute Gasteiger partial charge is 0.369 e. The second kappa shape index (κ2) is 9.80. The molecule has 0 amide bonds. The maximum Gasteiger partial charge on any atom is 0.416 e. The molecule has 0 saturated carbocycles. The number of nitriles is 1. The molecular formula is C22H29F3N4O. The van der Waals surface area contributed by atoms with Crippen LogP contribution in [-0.4, -0.2) is 67.9 Å². The first-order chi connectivity index (χ1) is 14.2. The third-order valence-electron chi connectivity index (χ3n) is 6.12. The van der Waals surface area contributed by atoms with E-state index < -0.39 is 11.7 Å². The minimum absolute atomic E-state index is 0.0402. The van der Waals surface area contributed by atoms with Gasteiger partial charge < -0.3 is 4.90 Å². The molecule has 30 heavy (non-hydrogen) atoms. The molecule has 2 aliphatic heterocycles. The zero-order chi connectivity index (χ0) is 21.7. The number of nitrogens with zero attached hydrogens (tertiary/aromatic N) is 4. The summed E-state index contributed by atoms with van der Waals surface area (Å²) in [6.07, 6.45) is -1.09. The second-order valence-corrected chi connectivity index (χ2v) is 8.42. The van der Waals surface area contributed by atoms with Gasteiger partial charge in [0.05, 0.1) is 23.7 Å². The highest BCUT2D eigenvalue weighted by Gasteiger charge is 2.32. The number of anilines is 1. The Hall–Kier alpha value is -2.11. The maximum atomic E-state index is 13.1. The van der Waals surface area contributed by atoms with E-state index in [4.69, 9.17) is 5.26 Å². The standard InChI is InChI=1S/C22H29F3N4O/c1-17(30)16-28-6-3-18(4-7-28)2-5-27-8-10-29(11-9-27)21-13-19(15-26)12-20(14-21)22(23,24)25/h12-14,18H,2-11,16H2,1H3. The van der Waals surface area contributed by atoms with E-state index in [1.54, 1.807) is 13.0 Å². The quantitative estimate of drug-likeness (QED) is 0.704. The van der Waals surface area contributed by atoms with E-state index in [1.807, 2.05) is 11.0 Å². The number of halogens is 3. The molecule has 0 unspecified atom stereocenters. The summed E-state index contributed by atoms with van der Waals surface area (Å²) in [4.78, 5) is 17.8. The molecular weight excluding hydrogens is 393 g/mol. The van der Waals surface area contributed by atoms with Crippen LogP contribution in [0.3, 0.4) is 0 Å². The molecule has 2 saturated heterocycles. The molecule has 8 heteroatoms. The molecule has 3 rings (SSSR count). The first-order valence-electron chi connectivity index (χ1n) is 10.6. The summed E-state index contributed by atoms with van der Waals surface area (Å²) in [7, 11) is 0. The minimum Gasteiger partial charge on any atom is -0.369 e. The number of alkyl halides is 3. The Morgan fingerprint density at radius 2 is 1.73 bits per heavy atom. The molecule has 0 bridgehead atoms. The van der Waals surface area contributed by atoms with Gasteiger partial charge in [-0.15, -0.1) is 0 Å². The Morgan fingerprint density at radius 1 is 1.07 bits per heavy atom. The fourth-order valence-electron chi connectivity index (χ4n) is 4.36. The SMILES string of the molecule is CC(=O)CN1CCC(CCN2CCN(c3cc(C#N)cc(C(F)(F)F)c3)CC2)CC1. The van der Waals surface area contributed by atoms with Crippen molar-refractivity contribution in [3.05, 3.63) is 29.3 Å². The van der Waals surface area contributed by atoms with Crippen LogP contribution in [0.4, 0.5) is 18.9 Å². The Labute approximate surface area is 176 Å². The summed E-state index contributed by atoms with van der Waals surface area (Å²) in [6, 6.07) is 5.43. The number of piperidine rings is 1.